The van der Waals surface area contributed by atoms with Crippen molar-refractivity contribution in [1.29, 1.82) is 0 Å². The molecule has 1 unspecified atom stereocenters. The van der Waals surface area contributed by atoms with Crippen molar-refractivity contribution >= 4 is 5.91 Å². The van der Waals surface area contributed by atoms with E-state index in [0.29, 0.717) is 23.8 Å². The number of morpholine rings is 1. The lowest BCUT2D eigenvalue weighted by Crippen LogP contribution is -2.40. The van der Waals surface area contributed by atoms with Gasteiger partial charge in [0.25, 0.3) is 0 Å². The highest BCUT2D eigenvalue weighted by molar-refractivity contribution is 5.79. The topological polar surface area (TPSA) is 69.3 Å². The molecule has 2 aromatic rings. The number of rotatable bonds is 9. The Labute approximate surface area is 184 Å². The van der Waals surface area contributed by atoms with Crippen LogP contribution in [0.5, 0.6) is 17.2 Å². The third kappa shape index (κ3) is 6.35. The second kappa shape index (κ2) is 11.0. The normalized spacial score (nSPS) is 16.6. The van der Waals surface area contributed by atoms with Crippen molar-refractivity contribution in [2.24, 2.45) is 0 Å². The maximum Gasteiger partial charge on any atom is 0.224 e. The lowest BCUT2D eigenvalue weighted by molar-refractivity contribution is -0.120. The van der Waals surface area contributed by atoms with Gasteiger partial charge in [-0.15, -0.1) is 0 Å². The van der Waals surface area contributed by atoms with Gasteiger partial charge in [-0.1, -0.05) is 24.3 Å². The van der Waals surface area contributed by atoms with Crippen LogP contribution in [0.25, 0.3) is 0 Å². The van der Waals surface area contributed by atoms with E-state index in [0.717, 1.165) is 37.4 Å². The Balaban J connectivity index is 1.57. The van der Waals surface area contributed by atoms with Gasteiger partial charge in [-0.3, -0.25) is 9.69 Å². The average Bonchev–Trinajstić information content (AvgIpc) is 2.77. The quantitative estimate of drug-likeness (QED) is 0.662. The number of nitrogens with one attached hydrogen (secondary N) is 1. The van der Waals surface area contributed by atoms with Crippen molar-refractivity contribution in [2.75, 3.05) is 41.0 Å². The summed E-state index contributed by atoms with van der Waals surface area (Å²) < 4.78 is 21.7. The minimum absolute atomic E-state index is 0.0679. The standard InChI is InChI=1S/C24H32N2O5/c1-17-15-26(8-9-31-17)16-19-7-5-6-18(10-19)14-25-23(27)13-20-11-21(28-2)24(30-4)22(12-20)29-3/h5-7,10-12,17H,8-9,13-16H2,1-4H3,(H,25,27). The maximum absolute atomic E-state index is 12.5. The molecule has 7 heteroatoms. The van der Waals surface area contributed by atoms with E-state index < -0.39 is 0 Å². The Bertz CT molecular complexity index is 861. The molecule has 168 valence electrons. The van der Waals surface area contributed by atoms with Crippen LogP contribution >= 0.6 is 0 Å². The Morgan fingerprint density at radius 1 is 1.06 bits per heavy atom. The first-order valence-electron chi connectivity index (χ1n) is 10.5. The first-order chi connectivity index (χ1) is 15.0. The molecule has 3 rings (SSSR count). The van der Waals surface area contributed by atoms with Crippen LogP contribution in [0.4, 0.5) is 0 Å². The Morgan fingerprint density at radius 2 is 1.77 bits per heavy atom. The lowest BCUT2D eigenvalue weighted by atomic mass is 10.1. The van der Waals surface area contributed by atoms with Gasteiger partial charge >= 0.3 is 0 Å². The Morgan fingerprint density at radius 3 is 2.42 bits per heavy atom. The molecule has 1 atom stereocenters. The zero-order valence-electron chi connectivity index (χ0n) is 18.8. The predicted octanol–water partition coefficient (Wildman–Crippen LogP) is 2.79. The van der Waals surface area contributed by atoms with Gasteiger partial charge in [-0.05, 0) is 35.7 Å². The minimum atomic E-state index is -0.0679. The van der Waals surface area contributed by atoms with E-state index in [1.165, 1.54) is 5.56 Å². The molecule has 2 aromatic carbocycles. The Kier molecular flexibility index (Phi) is 8.14. The molecular formula is C24H32N2O5. The van der Waals surface area contributed by atoms with Crippen molar-refractivity contribution in [3.63, 3.8) is 0 Å². The molecule has 1 aliphatic heterocycles. The van der Waals surface area contributed by atoms with Crippen molar-refractivity contribution in [3.8, 4) is 17.2 Å². The van der Waals surface area contributed by atoms with Crippen molar-refractivity contribution < 1.29 is 23.7 Å². The maximum atomic E-state index is 12.5. The summed E-state index contributed by atoms with van der Waals surface area (Å²) in [6.07, 6.45) is 0.494. The number of carbonyl (C=O) groups is 1. The molecule has 7 nitrogen and oxygen atoms in total. The molecule has 1 N–H and O–H groups in total. The van der Waals surface area contributed by atoms with E-state index in [-0.39, 0.29) is 18.4 Å². The van der Waals surface area contributed by atoms with E-state index in [9.17, 15) is 4.79 Å². The highest BCUT2D eigenvalue weighted by atomic mass is 16.5. The third-order valence-corrected chi connectivity index (χ3v) is 5.30. The summed E-state index contributed by atoms with van der Waals surface area (Å²) in [4.78, 5) is 14.9. The summed E-state index contributed by atoms with van der Waals surface area (Å²) in [6, 6.07) is 11.9. The summed E-state index contributed by atoms with van der Waals surface area (Å²) in [5.74, 6) is 1.52. The molecule has 1 heterocycles. The number of benzene rings is 2. The van der Waals surface area contributed by atoms with Crippen molar-refractivity contribution in [3.05, 3.63) is 53.1 Å². The van der Waals surface area contributed by atoms with Crippen molar-refractivity contribution in [1.82, 2.24) is 10.2 Å². The summed E-state index contributed by atoms with van der Waals surface area (Å²) in [7, 11) is 4.68. The van der Waals surface area contributed by atoms with E-state index in [2.05, 4.69) is 29.3 Å². The molecule has 1 amide bonds. The molecule has 31 heavy (non-hydrogen) atoms. The first kappa shape index (κ1) is 22.9. The highest BCUT2D eigenvalue weighted by Gasteiger charge is 2.17. The van der Waals surface area contributed by atoms with Crippen LogP contribution in [-0.2, 0) is 29.0 Å². The number of nitrogens with zero attached hydrogens (tertiary/aromatic N) is 1. The zero-order valence-corrected chi connectivity index (χ0v) is 18.8. The largest absolute Gasteiger partial charge is 0.493 e. The SMILES string of the molecule is COc1cc(CC(=O)NCc2cccc(CN3CCOC(C)C3)c2)cc(OC)c1OC. The fourth-order valence-electron chi connectivity index (χ4n) is 3.82. The number of ether oxygens (including phenoxy) is 4. The van der Waals surface area contributed by atoms with Crippen LogP contribution in [0.3, 0.4) is 0 Å². The summed E-state index contributed by atoms with van der Waals surface area (Å²) in [5.41, 5.74) is 3.12. The molecule has 0 saturated carbocycles. The Hall–Kier alpha value is -2.77. The van der Waals surface area contributed by atoms with Crippen LogP contribution < -0.4 is 19.5 Å². The number of hydrogen-bond acceptors (Lipinski definition) is 6. The molecule has 0 radical (unpaired) electrons. The van der Waals surface area contributed by atoms with Gasteiger partial charge in [-0.2, -0.15) is 0 Å². The monoisotopic (exact) mass is 428 g/mol. The van der Waals surface area contributed by atoms with Gasteiger partial charge in [-0.25, -0.2) is 0 Å². The third-order valence-electron chi connectivity index (χ3n) is 5.30. The van der Waals surface area contributed by atoms with E-state index >= 15 is 0 Å². The molecule has 0 spiro atoms. The highest BCUT2D eigenvalue weighted by Crippen LogP contribution is 2.38. The van der Waals surface area contributed by atoms with Crippen molar-refractivity contribution in [2.45, 2.75) is 32.5 Å². The lowest BCUT2D eigenvalue weighted by Gasteiger charge is -2.31. The second-order valence-corrected chi connectivity index (χ2v) is 7.72. The molecular weight excluding hydrogens is 396 g/mol. The zero-order chi connectivity index (χ0) is 22.2. The van der Waals surface area contributed by atoms with Gasteiger partial charge in [0.05, 0.1) is 40.5 Å². The molecule has 1 fully saturated rings. The fraction of sp³-hybridized carbons (Fsp3) is 0.458. The minimum Gasteiger partial charge on any atom is -0.493 e. The van der Waals surface area contributed by atoms with Gasteiger partial charge in [0.2, 0.25) is 11.7 Å². The van der Waals surface area contributed by atoms with Gasteiger partial charge in [0.15, 0.2) is 11.5 Å². The first-order valence-corrected chi connectivity index (χ1v) is 10.5. The van der Waals surface area contributed by atoms with Crippen LogP contribution in [0, 0.1) is 0 Å². The van der Waals surface area contributed by atoms with Gasteiger partial charge in [0.1, 0.15) is 0 Å². The van der Waals surface area contributed by atoms with E-state index in [4.69, 9.17) is 18.9 Å². The molecule has 0 aromatic heterocycles. The van der Waals surface area contributed by atoms with Gasteiger partial charge in [0, 0.05) is 26.2 Å². The predicted molar refractivity (Wildman–Crippen MR) is 119 cm³/mol. The molecule has 1 aliphatic rings. The molecule has 1 saturated heterocycles. The number of methoxy groups -OCH3 is 3. The van der Waals surface area contributed by atoms with Crippen LogP contribution in [0.1, 0.15) is 23.6 Å². The van der Waals surface area contributed by atoms with Crippen LogP contribution in [0.15, 0.2) is 36.4 Å². The number of carbonyl (C=O) groups excluding carboxylic acids is 1. The summed E-state index contributed by atoms with van der Waals surface area (Å²) in [5, 5.41) is 3.00. The summed E-state index contributed by atoms with van der Waals surface area (Å²) in [6.45, 7) is 6.14. The number of hydrogen-bond donors (Lipinski definition) is 1. The smallest absolute Gasteiger partial charge is 0.224 e. The van der Waals surface area contributed by atoms with E-state index in [1.54, 1.807) is 33.5 Å². The van der Waals surface area contributed by atoms with E-state index in [1.807, 2.05) is 12.1 Å². The van der Waals surface area contributed by atoms with Gasteiger partial charge < -0.3 is 24.3 Å². The molecule has 0 aliphatic carbocycles. The average molecular weight is 429 g/mol. The summed E-state index contributed by atoms with van der Waals surface area (Å²) >= 11 is 0. The van der Waals surface area contributed by atoms with Crippen LogP contribution in [0.2, 0.25) is 0 Å². The van der Waals surface area contributed by atoms with Crippen LogP contribution in [-0.4, -0.2) is 57.9 Å². The second-order valence-electron chi connectivity index (χ2n) is 7.72. The fourth-order valence-corrected chi connectivity index (χ4v) is 3.82. The number of amides is 1. The molecule has 0 bridgehead atoms.